The molecule has 1 fully saturated rings. The van der Waals surface area contributed by atoms with Crippen LogP contribution in [0.4, 0.5) is 0 Å². The van der Waals surface area contributed by atoms with Gasteiger partial charge in [-0.1, -0.05) is 23.7 Å². The molecule has 6 nitrogen and oxygen atoms in total. The van der Waals surface area contributed by atoms with Gasteiger partial charge in [0.1, 0.15) is 0 Å². The Hall–Kier alpha value is -2.99. The molecule has 0 aliphatic carbocycles. The lowest BCUT2D eigenvalue weighted by molar-refractivity contribution is -0.131. The number of carbonyl (C=O) groups is 2. The van der Waals surface area contributed by atoms with Gasteiger partial charge in [0.15, 0.2) is 0 Å². The molecule has 7 heteroatoms. The van der Waals surface area contributed by atoms with Gasteiger partial charge in [0.05, 0.1) is 28.8 Å². The van der Waals surface area contributed by atoms with Crippen LogP contribution in [0.2, 0.25) is 5.02 Å². The molecule has 2 aromatic carbocycles. The highest BCUT2D eigenvalue weighted by Crippen LogP contribution is 2.17. The van der Waals surface area contributed by atoms with E-state index in [0.29, 0.717) is 30.1 Å². The molecule has 0 atom stereocenters. The Balaban J connectivity index is 1.32. The van der Waals surface area contributed by atoms with Crippen molar-refractivity contribution in [3.05, 3.63) is 70.0 Å². The minimum atomic E-state index is -0.118. The third-order valence-corrected chi connectivity index (χ3v) is 6.04. The first-order chi connectivity index (χ1) is 14.9. The molecule has 1 saturated heterocycles. The number of nitrogens with zero attached hydrogens (tertiary/aromatic N) is 3. The summed E-state index contributed by atoms with van der Waals surface area (Å²) in [5, 5.41) is 3.76. The van der Waals surface area contributed by atoms with Gasteiger partial charge in [-0.25, -0.2) is 9.97 Å². The van der Waals surface area contributed by atoms with Crippen molar-refractivity contribution < 1.29 is 9.59 Å². The van der Waals surface area contributed by atoms with Crippen LogP contribution in [0.25, 0.3) is 11.0 Å². The average molecular weight is 437 g/mol. The molecule has 1 aliphatic rings. The van der Waals surface area contributed by atoms with Crippen molar-refractivity contribution in [3.63, 3.8) is 0 Å². The van der Waals surface area contributed by atoms with Crippen LogP contribution in [0.1, 0.15) is 40.2 Å². The summed E-state index contributed by atoms with van der Waals surface area (Å²) in [5.41, 5.74) is 4.79. The summed E-state index contributed by atoms with van der Waals surface area (Å²) < 4.78 is 0. The lowest BCUT2D eigenvalue weighted by atomic mass is 10.0. The number of hydrogen-bond donors (Lipinski definition) is 1. The van der Waals surface area contributed by atoms with E-state index >= 15 is 0 Å². The number of rotatable bonds is 4. The minimum Gasteiger partial charge on any atom is -0.349 e. The highest BCUT2D eigenvalue weighted by molar-refractivity contribution is 6.30. The maximum absolute atomic E-state index is 12.7. The molecule has 160 valence electrons. The molecule has 0 radical (unpaired) electrons. The number of nitrogens with one attached hydrogen (secondary N) is 1. The number of likely N-dealkylation sites (tertiary alicyclic amines) is 1. The molecule has 31 heavy (non-hydrogen) atoms. The zero-order chi connectivity index (χ0) is 22.0. The van der Waals surface area contributed by atoms with Gasteiger partial charge in [0.2, 0.25) is 5.91 Å². The van der Waals surface area contributed by atoms with E-state index in [1.54, 1.807) is 24.3 Å². The lowest BCUT2D eigenvalue weighted by Gasteiger charge is -2.32. The van der Waals surface area contributed by atoms with Crippen LogP contribution in [0, 0.1) is 13.8 Å². The Bertz CT molecular complexity index is 1120. The Morgan fingerprint density at radius 3 is 2.32 bits per heavy atom. The molecule has 0 bridgehead atoms. The quantitative estimate of drug-likeness (QED) is 0.673. The Morgan fingerprint density at radius 2 is 1.65 bits per heavy atom. The van der Waals surface area contributed by atoms with Gasteiger partial charge in [-0.05, 0) is 62.6 Å². The third-order valence-electron chi connectivity index (χ3n) is 5.79. The molecule has 1 aliphatic heterocycles. The fourth-order valence-corrected chi connectivity index (χ4v) is 3.93. The van der Waals surface area contributed by atoms with Crippen molar-refractivity contribution in [1.82, 2.24) is 20.2 Å². The number of carbonyl (C=O) groups excluding carboxylic acids is 2. The van der Waals surface area contributed by atoms with Gasteiger partial charge < -0.3 is 10.2 Å². The summed E-state index contributed by atoms with van der Waals surface area (Å²) in [6.45, 7) is 5.11. The second kappa shape index (κ2) is 9.02. The van der Waals surface area contributed by atoms with Crippen molar-refractivity contribution in [3.8, 4) is 0 Å². The average Bonchev–Trinajstić information content (AvgIpc) is 2.76. The molecule has 2 heterocycles. The molecule has 4 rings (SSSR count). The van der Waals surface area contributed by atoms with Crippen LogP contribution < -0.4 is 5.32 Å². The monoisotopic (exact) mass is 436 g/mol. The normalized spacial score (nSPS) is 14.6. The van der Waals surface area contributed by atoms with E-state index in [1.165, 1.54) is 0 Å². The molecule has 2 amide bonds. The van der Waals surface area contributed by atoms with E-state index in [2.05, 4.69) is 15.3 Å². The summed E-state index contributed by atoms with van der Waals surface area (Å²) in [7, 11) is 0. The van der Waals surface area contributed by atoms with E-state index in [9.17, 15) is 9.59 Å². The zero-order valence-corrected chi connectivity index (χ0v) is 18.4. The van der Waals surface area contributed by atoms with Crippen LogP contribution in [0.5, 0.6) is 0 Å². The number of halogens is 1. The van der Waals surface area contributed by atoms with Crippen molar-refractivity contribution in [2.75, 3.05) is 13.1 Å². The topological polar surface area (TPSA) is 75.2 Å². The van der Waals surface area contributed by atoms with Crippen molar-refractivity contribution in [1.29, 1.82) is 0 Å². The van der Waals surface area contributed by atoms with Crippen molar-refractivity contribution >= 4 is 34.4 Å². The van der Waals surface area contributed by atoms with Gasteiger partial charge in [-0.3, -0.25) is 9.59 Å². The van der Waals surface area contributed by atoms with Crippen LogP contribution in [-0.4, -0.2) is 45.8 Å². The lowest BCUT2D eigenvalue weighted by Crippen LogP contribution is -2.47. The van der Waals surface area contributed by atoms with E-state index in [1.807, 2.05) is 36.9 Å². The minimum absolute atomic E-state index is 0.0496. The van der Waals surface area contributed by atoms with E-state index < -0.39 is 0 Å². The van der Waals surface area contributed by atoms with Gasteiger partial charge in [0.25, 0.3) is 5.91 Å². The number of aromatic nitrogens is 2. The number of hydrogen-bond acceptors (Lipinski definition) is 4. The number of piperidine rings is 1. The number of benzene rings is 2. The highest BCUT2D eigenvalue weighted by Gasteiger charge is 2.24. The van der Waals surface area contributed by atoms with Crippen LogP contribution in [0.3, 0.4) is 0 Å². The fraction of sp³-hybridized carbons (Fsp3) is 0.333. The smallest absolute Gasteiger partial charge is 0.251 e. The Labute approximate surface area is 186 Å². The second-order valence-corrected chi connectivity index (χ2v) is 8.47. The van der Waals surface area contributed by atoms with E-state index in [4.69, 9.17) is 11.6 Å². The fourth-order valence-electron chi connectivity index (χ4n) is 3.80. The molecular formula is C24H25ClN4O2. The predicted octanol–water partition coefficient (Wildman–Crippen LogP) is 3.86. The number of amides is 2. The van der Waals surface area contributed by atoms with Gasteiger partial charge >= 0.3 is 0 Å². The third kappa shape index (κ3) is 5.02. The maximum atomic E-state index is 12.7. The maximum Gasteiger partial charge on any atom is 0.251 e. The first-order valence-corrected chi connectivity index (χ1v) is 10.8. The standard InChI is InChI=1S/C24H25ClN4O2/c1-15-16(2)27-22-14-18(5-8-21(22)26-15)24(31)28-20-9-11-29(12-10-20)23(30)13-17-3-6-19(25)7-4-17/h3-8,14,20H,9-13H2,1-2H3,(H,28,31). The summed E-state index contributed by atoms with van der Waals surface area (Å²) in [6, 6.07) is 12.8. The SMILES string of the molecule is Cc1nc2ccc(C(=O)NC3CCN(C(=O)Cc4ccc(Cl)cc4)CC3)cc2nc1C. The summed E-state index contributed by atoms with van der Waals surface area (Å²) >= 11 is 5.90. The van der Waals surface area contributed by atoms with Crippen LogP contribution >= 0.6 is 11.6 Å². The summed E-state index contributed by atoms with van der Waals surface area (Å²) in [4.78, 5) is 36.2. The van der Waals surface area contributed by atoms with E-state index in [0.717, 1.165) is 40.8 Å². The molecule has 0 spiro atoms. The largest absolute Gasteiger partial charge is 0.349 e. The molecular weight excluding hydrogens is 412 g/mol. The number of aryl methyl sites for hydroxylation is 2. The van der Waals surface area contributed by atoms with Gasteiger partial charge in [-0.15, -0.1) is 0 Å². The Kier molecular flexibility index (Phi) is 6.18. The molecule has 1 aromatic heterocycles. The van der Waals surface area contributed by atoms with Gasteiger partial charge in [0, 0.05) is 29.7 Å². The zero-order valence-electron chi connectivity index (χ0n) is 17.7. The highest BCUT2D eigenvalue weighted by atomic mass is 35.5. The Morgan fingerprint density at radius 1 is 1.00 bits per heavy atom. The molecule has 0 unspecified atom stereocenters. The molecule has 3 aromatic rings. The first kappa shape index (κ1) is 21.2. The van der Waals surface area contributed by atoms with Crippen LogP contribution in [0.15, 0.2) is 42.5 Å². The van der Waals surface area contributed by atoms with E-state index in [-0.39, 0.29) is 17.9 Å². The number of fused-ring (bicyclic) bond motifs is 1. The molecule has 0 saturated carbocycles. The molecule has 1 N–H and O–H groups in total. The summed E-state index contributed by atoms with van der Waals surface area (Å²) in [6.07, 6.45) is 1.85. The van der Waals surface area contributed by atoms with Crippen molar-refractivity contribution in [2.45, 2.75) is 39.2 Å². The predicted molar refractivity (Wildman–Crippen MR) is 121 cm³/mol. The summed E-state index contributed by atoms with van der Waals surface area (Å²) in [5.74, 6) is -0.0151. The second-order valence-electron chi connectivity index (χ2n) is 8.03. The van der Waals surface area contributed by atoms with Gasteiger partial charge in [-0.2, -0.15) is 0 Å². The first-order valence-electron chi connectivity index (χ1n) is 10.5. The van der Waals surface area contributed by atoms with Crippen LogP contribution in [-0.2, 0) is 11.2 Å². The van der Waals surface area contributed by atoms with Crippen molar-refractivity contribution in [2.24, 2.45) is 0 Å².